The van der Waals surface area contributed by atoms with Gasteiger partial charge in [0, 0.05) is 37.5 Å². The largest absolute Gasteiger partial charge is 0.491 e. The average molecular weight is 355 g/mol. The second-order valence-electron chi connectivity index (χ2n) is 6.64. The number of rotatable bonds is 6. The zero-order chi connectivity index (χ0) is 18.7. The van der Waals surface area contributed by atoms with Crippen molar-refractivity contribution in [1.29, 1.82) is 5.41 Å². The lowest BCUT2D eigenvalue weighted by atomic mass is 10.0. The molecule has 1 aromatic carbocycles. The molecule has 1 aliphatic rings. The predicted molar refractivity (Wildman–Crippen MR) is 102 cm³/mol. The van der Waals surface area contributed by atoms with Gasteiger partial charge in [-0.1, -0.05) is 0 Å². The fraction of sp³-hybridized carbons (Fsp3) is 0.421. The molecule has 1 saturated heterocycles. The second kappa shape index (κ2) is 7.70. The molecule has 26 heavy (non-hydrogen) atoms. The summed E-state index contributed by atoms with van der Waals surface area (Å²) in [4.78, 5) is 10.8. The van der Waals surface area contributed by atoms with Gasteiger partial charge >= 0.3 is 0 Å². The maximum absolute atomic E-state index is 8.56. The Morgan fingerprint density at radius 3 is 2.81 bits per heavy atom. The first kappa shape index (κ1) is 18.1. The molecule has 1 atom stereocenters. The fourth-order valence-electron chi connectivity index (χ4n) is 3.02. The number of aromatic nitrogens is 2. The van der Waals surface area contributed by atoms with Gasteiger partial charge in [0.05, 0.1) is 23.6 Å². The van der Waals surface area contributed by atoms with E-state index in [1.54, 1.807) is 19.2 Å². The average Bonchev–Trinajstić information content (AvgIpc) is 3.12. The van der Waals surface area contributed by atoms with Gasteiger partial charge in [0.25, 0.3) is 0 Å². The number of nitrogens with zero attached hydrogens (tertiary/aromatic N) is 3. The van der Waals surface area contributed by atoms with E-state index in [2.05, 4.69) is 14.9 Å². The topological polar surface area (TPSA) is 97.3 Å². The number of benzene rings is 1. The van der Waals surface area contributed by atoms with Gasteiger partial charge in [-0.05, 0) is 38.5 Å². The van der Waals surface area contributed by atoms with Crippen LogP contribution in [0.5, 0.6) is 5.75 Å². The van der Waals surface area contributed by atoms with Crippen LogP contribution in [-0.2, 0) is 4.74 Å². The van der Waals surface area contributed by atoms with Crippen molar-refractivity contribution in [2.75, 3.05) is 30.8 Å². The molecule has 1 fully saturated rings. The van der Waals surface area contributed by atoms with Crippen molar-refractivity contribution >= 4 is 17.2 Å². The van der Waals surface area contributed by atoms with Crippen LogP contribution in [-0.4, -0.2) is 48.1 Å². The highest BCUT2D eigenvalue weighted by Gasteiger charge is 2.24. The molecule has 0 saturated carbocycles. The first-order valence-corrected chi connectivity index (χ1v) is 8.73. The molecule has 2 aromatic rings. The molecule has 7 nitrogen and oxygen atoms in total. The van der Waals surface area contributed by atoms with Gasteiger partial charge in [0.15, 0.2) is 0 Å². The van der Waals surface area contributed by atoms with Gasteiger partial charge in [-0.25, -0.2) is 9.97 Å². The van der Waals surface area contributed by atoms with Crippen LogP contribution in [0.25, 0.3) is 0 Å². The summed E-state index contributed by atoms with van der Waals surface area (Å²) in [5.41, 5.74) is 7.99. The summed E-state index contributed by atoms with van der Waals surface area (Å²) in [6.07, 6.45) is 2.72. The summed E-state index contributed by atoms with van der Waals surface area (Å²) in [5.74, 6) is 1.48. The summed E-state index contributed by atoms with van der Waals surface area (Å²) >= 11 is 0. The monoisotopic (exact) mass is 355 g/mol. The Bertz CT molecular complexity index is 793. The van der Waals surface area contributed by atoms with E-state index >= 15 is 0 Å². The van der Waals surface area contributed by atoms with Crippen LogP contribution in [0.4, 0.5) is 11.5 Å². The maximum atomic E-state index is 8.56. The summed E-state index contributed by atoms with van der Waals surface area (Å²) in [6.45, 7) is 5.59. The van der Waals surface area contributed by atoms with Crippen molar-refractivity contribution in [3.63, 3.8) is 0 Å². The quantitative estimate of drug-likeness (QED) is 0.610. The summed E-state index contributed by atoms with van der Waals surface area (Å²) in [6, 6.07) is 7.19. The van der Waals surface area contributed by atoms with Crippen LogP contribution in [0.2, 0.25) is 0 Å². The first-order valence-electron chi connectivity index (χ1n) is 8.73. The van der Waals surface area contributed by atoms with Crippen LogP contribution in [0.3, 0.4) is 0 Å². The molecule has 1 aliphatic heterocycles. The number of nitrogens with two attached hydrogens (primary N) is 1. The van der Waals surface area contributed by atoms with Crippen molar-refractivity contribution in [2.45, 2.75) is 32.5 Å². The normalized spacial score (nSPS) is 16.9. The Balaban J connectivity index is 1.85. The molecule has 138 valence electrons. The van der Waals surface area contributed by atoms with E-state index in [4.69, 9.17) is 20.6 Å². The minimum atomic E-state index is 0.0511. The lowest BCUT2D eigenvalue weighted by Gasteiger charge is -2.18. The summed E-state index contributed by atoms with van der Waals surface area (Å²) in [7, 11) is 1.73. The number of anilines is 2. The Hall–Kier alpha value is -2.67. The number of nitrogens with one attached hydrogen (secondary N) is 1. The zero-order valence-electron chi connectivity index (χ0n) is 15.4. The van der Waals surface area contributed by atoms with E-state index in [1.165, 1.54) is 6.33 Å². The van der Waals surface area contributed by atoms with Crippen LogP contribution in [0, 0.1) is 5.41 Å². The van der Waals surface area contributed by atoms with Gasteiger partial charge in [-0.15, -0.1) is 0 Å². The summed E-state index contributed by atoms with van der Waals surface area (Å²) < 4.78 is 11.1. The van der Waals surface area contributed by atoms with E-state index < -0.39 is 0 Å². The molecule has 0 radical (unpaired) electrons. The van der Waals surface area contributed by atoms with E-state index in [0.29, 0.717) is 22.7 Å². The first-order chi connectivity index (χ1) is 12.5. The highest BCUT2D eigenvalue weighted by atomic mass is 16.5. The van der Waals surface area contributed by atoms with Gasteiger partial charge < -0.3 is 20.1 Å². The lowest BCUT2D eigenvalue weighted by molar-refractivity contribution is 0.121. The van der Waals surface area contributed by atoms with E-state index in [-0.39, 0.29) is 17.9 Å². The molecule has 2 heterocycles. The number of nitrogen functional groups attached to an aromatic ring is 1. The van der Waals surface area contributed by atoms with E-state index in [0.717, 1.165) is 25.3 Å². The van der Waals surface area contributed by atoms with Crippen molar-refractivity contribution in [3.8, 4) is 5.75 Å². The SMILES string of the molecule is COC1CCN(c2cc(C(=N)c3cc(OC(C)C)ccc3N)ncn2)C1. The molecule has 3 N–H and O–H groups in total. The molecule has 0 spiro atoms. The van der Waals surface area contributed by atoms with Crippen molar-refractivity contribution in [2.24, 2.45) is 0 Å². The Morgan fingerprint density at radius 2 is 2.12 bits per heavy atom. The van der Waals surface area contributed by atoms with Crippen LogP contribution >= 0.6 is 0 Å². The van der Waals surface area contributed by atoms with Gasteiger partial charge in [-0.2, -0.15) is 0 Å². The number of ether oxygens (including phenoxy) is 2. The van der Waals surface area contributed by atoms with Crippen LogP contribution in [0.1, 0.15) is 31.5 Å². The van der Waals surface area contributed by atoms with Crippen molar-refractivity contribution in [1.82, 2.24) is 9.97 Å². The Labute approximate surface area is 153 Å². The van der Waals surface area contributed by atoms with Crippen molar-refractivity contribution < 1.29 is 9.47 Å². The molecule has 3 rings (SSSR count). The molecule has 1 unspecified atom stereocenters. The minimum absolute atomic E-state index is 0.0511. The molecular formula is C19H25N5O2. The van der Waals surface area contributed by atoms with Crippen LogP contribution < -0.4 is 15.4 Å². The standard InChI is InChI=1S/C19H25N5O2/c1-12(2)26-13-4-5-16(20)15(8-13)19(21)17-9-18(23-11-22-17)24-7-6-14(10-24)25-3/h4-5,8-9,11-12,14,21H,6-7,10,20H2,1-3H3. The third kappa shape index (κ3) is 3.94. The van der Waals surface area contributed by atoms with Gasteiger partial charge in [-0.3, -0.25) is 5.41 Å². The Morgan fingerprint density at radius 1 is 1.31 bits per heavy atom. The van der Waals surface area contributed by atoms with E-state index in [1.807, 2.05) is 26.0 Å². The predicted octanol–water partition coefficient (Wildman–Crippen LogP) is 2.49. The highest BCUT2D eigenvalue weighted by molar-refractivity contribution is 6.13. The molecule has 7 heteroatoms. The molecule has 1 aromatic heterocycles. The lowest BCUT2D eigenvalue weighted by Crippen LogP contribution is -2.23. The van der Waals surface area contributed by atoms with Gasteiger partial charge in [0.2, 0.25) is 0 Å². The zero-order valence-corrected chi connectivity index (χ0v) is 15.4. The van der Waals surface area contributed by atoms with E-state index in [9.17, 15) is 0 Å². The number of hydrogen-bond donors (Lipinski definition) is 2. The second-order valence-corrected chi connectivity index (χ2v) is 6.64. The highest BCUT2D eigenvalue weighted by Crippen LogP contribution is 2.25. The smallest absolute Gasteiger partial charge is 0.132 e. The number of hydrogen-bond acceptors (Lipinski definition) is 7. The summed E-state index contributed by atoms with van der Waals surface area (Å²) in [5, 5.41) is 8.56. The molecular weight excluding hydrogens is 330 g/mol. The third-order valence-electron chi connectivity index (χ3n) is 4.38. The third-order valence-corrected chi connectivity index (χ3v) is 4.38. The fourth-order valence-corrected chi connectivity index (χ4v) is 3.02. The van der Waals surface area contributed by atoms with Crippen molar-refractivity contribution in [3.05, 3.63) is 41.9 Å². The maximum Gasteiger partial charge on any atom is 0.132 e. The minimum Gasteiger partial charge on any atom is -0.491 e. The molecule has 0 amide bonds. The number of methoxy groups -OCH3 is 1. The Kier molecular flexibility index (Phi) is 5.37. The molecule has 0 aliphatic carbocycles. The van der Waals surface area contributed by atoms with Crippen LogP contribution in [0.15, 0.2) is 30.6 Å². The van der Waals surface area contributed by atoms with Gasteiger partial charge in [0.1, 0.15) is 17.9 Å². The molecule has 0 bridgehead atoms.